The van der Waals surface area contributed by atoms with Gasteiger partial charge in [-0.3, -0.25) is 9.67 Å². The minimum absolute atomic E-state index is 0.433. The summed E-state index contributed by atoms with van der Waals surface area (Å²) in [5.41, 5.74) is 9.34. The van der Waals surface area contributed by atoms with Crippen LogP contribution in [0.3, 0.4) is 0 Å². The Balaban J connectivity index is 1.79. The van der Waals surface area contributed by atoms with Crippen molar-refractivity contribution in [1.29, 1.82) is 0 Å². The first-order valence-electron chi connectivity index (χ1n) is 7.52. The Morgan fingerprint density at radius 2 is 2.24 bits per heavy atom. The van der Waals surface area contributed by atoms with Crippen LogP contribution < -0.4 is 5.73 Å². The number of nitrogen functional groups attached to an aromatic ring is 1. The fraction of sp³-hybridized carbons (Fsp3) is 0.500. The Morgan fingerprint density at radius 3 is 2.90 bits per heavy atom. The number of ether oxygens (including phenoxy) is 1. The van der Waals surface area contributed by atoms with Crippen LogP contribution in [0.5, 0.6) is 0 Å². The van der Waals surface area contributed by atoms with E-state index < -0.39 is 0 Å². The van der Waals surface area contributed by atoms with Gasteiger partial charge in [-0.25, -0.2) is 0 Å². The second-order valence-corrected chi connectivity index (χ2v) is 5.69. The lowest BCUT2D eigenvalue weighted by Crippen LogP contribution is -2.32. The smallest absolute Gasteiger partial charge is 0.129 e. The molecule has 112 valence electrons. The molecule has 0 unspecified atom stereocenters. The van der Waals surface area contributed by atoms with Crippen LogP contribution in [-0.2, 0) is 18.2 Å². The van der Waals surface area contributed by atoms with Gasteiger partial charge in [-0.05, 0) is 38.2 Å². The first-order chi connectivity index (χ1) is 10.2. The first kappa shape index (κ1) is 14.1. The number of pyridine rings is 1. The summed E-state index contributed by atoms with van der Waals surface area (Å²) in [5.74, 6) is 1.35. The van der Waals surface area contributed by atoms with E-state index in [1.165, 1.54) is 0 Å². The predicted octanol–water partition coefficient (Wildman–Crippen LogP) is 2.42. The highest BCUT2D eigenvalue weighted by atomic mass is 16.5. The number of aromatic nitrogens is 3. The fourth-order valence-corrected chi connectivity index (χ4v) is 3.05. The van der Waals surface area contributed by atoms with Gasteiger partial charge in [-0.15, -0.1) is 0 Å². The van der Waals surface area contributed by atoms with Gasteiger partial charge < -0.3 is 10.5 Å². The maximum atomic E-state index is 6.19. The van der Waals surface area contributed by atoms with E-state index in [0.29, 0.717) is 17.8 Å². The van der Waals surface area contributed by atoms with Gasteiger partial charge in [0, 0.05) is 37.2 Å². The third-order valence-electron chi connectivity index (χ3n) is 4.19. The molecule has 2 N–H and O–H groups in total. The van der Waals surface area contributed by atoms with Crippen LogP contribution in [0.1, 0.15) is 25.5 Å². The second-order valence-electron chi connectivity index (χ2n) is 5.69. The van der Waals surface area contributed by atoms with Crippen LogP contribution in [0.2, 0.25) is 0 Å². The lowest BCUT2D eigenvalue weighted by molar-refractivity contribution is -0.0242. The summed E-state index contributed by atoms with van der Waals surface area (Å²) in [4.78, 5) is 4.19. The summed E-state index contributed by atoms with van der Waals surface area (Å²) in [6.07, 6.45) is 7.25. The van der Waals surface area contributed by atoms with Crippen molar-refractivity contribution in [2.75, 3.05) is 12.3 Å². The number of hydrogen-bond donors (Lipinski definition) is 1. The molecule has 0 aromatic carbocycles. The fourth-order valence-electron chi connectivity index (χ4n) is 3.05. The number of rotatable bonds is 5. The molecule has 21 heavy (non-hydrogen) atoms. The average Bonchev–Trinajstić information content (AvgIpc) is 2.73. The normalized spacial score (nSPS) is 21.2. The van der Waals surface area contributed by atoms with Crippen molar-refractivity contribution in [3.8, 4) is 11.1 Å². The molecule has 0 amide bonds. The quantitative estimate of drug-likeness (QED) is 0.916. The van der Waals surface area contributed by atoms with Crippen LogP contribution >= 0.6 is 0 Å². The van der Waals surface area contributed by atoms with Crippen molar-refractivity contribution < 1.29 is 4.74 Å². The molecule has 2 aromatic rings. The molecule has 0 aliphatic heterocycles. The molecular formula is C16H22N4O. The third kappa shape index (κ3) is 2.78. The van der Waals surface area contributed by atoms with E-state index in [9.17, 15) is 0 Å². The topological polar surface area (TPSA) is 66.0 Å². The maximum absolute atomic E-state index is 6.19. The number of anilines is 1. The minimum atomic E-state index is 0.433. The van der Waals surface area contributed by atoms with Gasteiger partial charge >= 0.3 is 0 Å². The van der Waals surface area contributed by atoms with Crippen molar-refractivity contribution in [1.82, 2.24) is 14.8 Å². The van der Waals surface area contributed by atoms with E-state index in [1.807, 2.05) is 32.3 Å². The molecule has 2 heterocycles. The van der Waals surface area contributed by atoms with Crippen LogP contribution in [0, 0.1) is 5.92 Å². The zero-order valence-electron chi connectivity index (χ0n) is 12.6. The van der Waals surface area contributed by atoms with Gasteiger partial charge in [0.15, 0.2) is 0 Å². The summed E-state index contributed by atoms with van der Waals surface area (Å²) in [6, 6.07) is 3.97. The van der Waals surface area contributed by atoms with Gasteiger partial charge in [0.05, 0.1) is 11.8 Å². The van der Waals surface area contributed by atoms with Gasteiger partial charge in [-0.2, -0.15) is 5.10 Å². The Bertz CT molecular complexity index is 602. The Labute approximate surface area is 125 Å². The molecule has 5 nitrogen and oxygen atoms in total. The van der Waals surface area contributed by atoms with Gasteiger partial charge in [0.1, 0.15) is 5.82 Å². The molecule has 1 aliphatic carbocycles. The van der Waals surface area contributed by atoms with E-state index in [0.717, 1.165) is 42.7 Å². The second kappa shape index (κ2) is 5.85. The van der Waals surface area contributed by atoms with Crippen molar-refractivity contribution in [3.63, 3.8) is 0 Å². The molecule has 1 aliphatic rings. The lowest BCUT2D eigenvalue weighted by atomic mass is 9.78. The minimum Gasteiger partial charge on any atom is -0.383 e. The highest BCUT2D eigenvalue weighted by Gasteiger charge is 2.31. The van der Waals surface area contributed by atoms with E-state index >= 15 is 0 Å². The SMILES string of the molecule is CCOC1CC(Cc2nn(C)c(N)c2-c2cccnc2)C1. The lowest BCUT2D eigenvalue weighted by Gasteiger charge is -2.34. The largest absolute Gasteiger partial charge is 0.383 e. The zero-order valence-corrected chi connectivity index (χ0v) is 12.6. The highest BCUT2D eigenvalue weighted by Crippen LogP contribution is 2.36. The van der Waals surface area contributed by atoms with E-state index in [4.69, 9.17) is 10.5 Å². The molecule has 5 heteroatoms. The summed E-state index contributed by atoms with van der Waals surface area (Å²) in [7, 11) is 1.89. The van der Waals surface area contributed by atoms with Crippen molar-refractivity contribution in [2.24, 2.45) is 13.0 Å². The molecular weight excluding hydrogens is 264 g/mol. The monoisotopic (exact) mass is 286 g/mol. The van der Waals surface area contributed by atoms with Crippen molar-refractivity contribution in [2.45, 2.75) is 32.3 Å². The Kier molecular flexibility index (Phi) is 3.92. The Hall–Kier alpha value is -1.88. The van der Waals surface area contributed by atoms with Crippen LogP contribution in [0.4, 0.5) is 5.82 Å². The molecule has 0 radical (unpaired) electrons. The molecule has 2 aromatic heterocycles. The number of nitrogens with zero attached hydrogens (tertiary/aromatic N) is 3. The van der Waals surface area contributed by atoms with E-state index in [-0.39, 0.29) is 0 Å². The number of nitrogens with two attached hydrogens (primary N) is 1. The molecule has 0 bridgehead atoms. The van der Waals surface area contributed by atoms with Crippen LogP contribution in [-0.4, -0.2) is 27.5 Å². The van der Waals surface area contributed by atoms with Gasteiger partial charge in [0.2, 0.25) is 0 Å². The number of hydrogen-bond acceptors (Lipinski definition) is 4. The molecule has 3 rings (SSSR count). The molecule has 1 fully saturated rings. The van der Waals surface area contributed by atoms with E-state index in [2.05, 4.69) is 10.1 Å². The highest BCUT2D eigenvalue weighted by molar-refractivity contribution is 5.76. The third-order valence-corrected chi connectivity index (χ3v) is 4.19. The Morgan fingerprint density at radius 1 is 1.43 bits per heavy atom. The summed E-state index contributed by atoms with van der Waals surface area (Å²) < 4.78 is 7.39. The van der Waals surface area contributed by atoms with Crippen molar-refractivity contribution in [3.05, 3.63) is 30.2 Å². The maximum Gasteiger partial charge on any atom is 0.129 e. The van der Waals surface area contributed by atoms with Crippen LogP contribution in [0.25, 0.3) is 11.1 Å². The van der Waals surface area contributed by atoms with Gasteiger partial charge in [-0.1, -0.05) is 6.07 Å². The molecule has 0 saturated heterocycles. The zero-order chi connectivity index (χ0) is 14.8. The summed E-state index contributed by atoms with van der Waals surface area (Å²) in [5, 5.41) is 4.60. The van der Waals surface area contributed by atoms with E-state index in [1.54, 1.807) is 10.9 Å². The predicted molar refractivity (Wildman–Crippen MR) is 82.7 cm³/mol. The van der Waals surface area contributed by atoms with Crippen LogP contribution in [0.15, 0.2) is 24.5 Å². The molecule has 1 saturated carbocycles. The number of aryl methyl sites for hydroxylation is 1. The average molecular weight is 286 g/mol. The molecule has 0 atom stereocenters. The van der Waals surface area contributed by atoms with Crippen molar-refractivity contribution >= 4 is 5.82 Å². The molecule has 0 spiro atoms. The first-order valence-corrected chi connectivity index (χ1v) is 7.52. The summed E-state index contributed by atoms with van der Waals surface area (Å²) >= 11 is 0. The standard InChI is InChI=1S/C16H22N4O/c1-3-21-13-7-11(8-13)9-14-15(16(17)20(2)19-14)12-5-4-6-18-10-12/h4-6,10-11,13H,3,7-9,17H2,1-2H3. The summed E-state index contributed by atoms with van der Waals surface area (Å²) in [6.45, 7) is 2.85. The van der Waals surface area contributed by atoms with Gasteiger partial charge in [0.25, 0.3) is 0 Å².